The van der Waals surface area contributed by atoms with Gasteiger partial charge in [-0.1, -0.05) is 12.1 Å². The van der Waals surface area contributed by atoms with Gasteiger partial charge < -0.3 is 19.5 Å². The molecule has 0 saturated carbocycles. The molecule has 1 N–H and O–H groups in total. The number of benzene rings is 2. The smallest absolute Gasteiger partial charge is 0.332 e. The fourth-order valence-corrected chi connectivity index (χ4v) is 4.54. The molecule has 0 unspecified atom stereocenters. The van der Waals surface area contributed by atoms with Gasteiger partial charge in [-0.15, -0.1) is 11.3 Å². The zero-order chi connectivity index (χ0) is 22.9. The summed E-state index contributed by atoms with van der Waals surface area (Å²) in [7, 11) is 1.55. The third-order valence-corrected chi connectivity index (χ3v) is 6.16. The molecule has 0 radical (unpaired) electrons. The van der Waals surface area contributed by atoms with E-state index in [1.165, 1.54) is 15.9 Å². The lowest BCUT2D eigenvalue weighted by molar-refractivity contribution is -0.116. The molecule has 2 aromatic heterocycles. The van der Waals surface area contributed by atoms with Gasteiger partial charge in [0, 0.05) is 11.8 Å². The summed E-state index contributed by atoms with van der Waals surface area (Å²) in [4.78, 5) is 39.1. The van der Waals surface area contributed by atoms with E-state index in [4.69, 9.17) is 14.2 Å². The molecular weight excluding hydrogens is 446 g/mol. The Hall–Kier alpha value is -4.05. The number of aromatic nitrogens is 2. The predicted molar refractivity (Wildman–Crippen MR) is 124 cm³/mol. The molecule has 1 aliphatic heterocycles. The van der Waals surface area contributed by atoms with Crippen LogP contribution in [-0.4, -0.2) is 28.9 Å². The summed E-state index contributed by atoms with van der Waals surface area (Å²) in [5.74, 6) is 1.36. The molecule has 9 nitrogen and oxygen atoms in total. The summed E-state index contributed by atoms with van der Waals surface area (Å²) in [5.41, 5.74) is 0.733. The summed E-state index contributed by atoms with van der Waals surface area (Å²) < 4.78 is 18.7. The summed E-state index contributed by atoms with van der Waals surface area (Å²) in [5, 5.41) is 4.50. The maximum absolute atomic E-state index is 13.3. The number of nitrogens with one attached hydrogen (secondary N) is 1. The van der Waals surface area contributed by atoms with Crippen LogP contribution in [0.4, 0.5) is 5.69 Å². The number of carbonyl (C=O) groups excluding carboxylic acids is 1. The number of anilines is 1. The van der Waals surface area contributed by atoms with Crippen molar-refractivity contribution >= 4 is 33.1 Å². The van der Waals surface area contributed by atoms with Crippen LogP contribution in [-0.2, 0) is 17.9 Å². The van der Waals surface area contributed by atoms with Crippen molar-refractivity contribution in [2.45, 2.75) is 13.1 Å². The first kappa shape index (κ1) is 20.8. The molecule has 0 aliphatic carbocycles. The fraction of sp³-hybridized carbons (Fsp3) is 0.174. The largest absolute Gasteiger partial charge is 0.497 e. The van der Waals surface area contributed by atoms with Gasteiger partial charge in [-0.3, -0.25) is 18.7 Å². The SMILES string of the molecule is COc1cccc(Cn2c(=O)c3sccc3n(CC(=O)Nc3ccc4c(c3)OCO4)c2=O)c1. The fourth-order valence-electron chi connectivity index (χ4n) is 3.70. The highest BCUT2D eigenvalue weighted by atomic mass is 32.1. The van der Waals surface area contributed by atoms with Crippen molar-refractivity contribution in [3.8, 4) is 17.2 Å². The monoisotopic (exact) mass is 465 g/mol. The molecule has 1 aliphatic rings. The highest BCUT2D eigenvalue weighted by molar-refractivity contribution is 7.17. The van der Waals surface area contributed by atoms with Crippen molar-refractivity contribution in [1.29, 1.82) is 0 Å². The number of carbonyl (C=O) groups is 1. The van der Waals surface area contributed by atoms with E-state index in [0.717, 1.165) is 10.1 Å². The van der Waals surface area contributed by atoms with Crippen LogP contribution in [0.15, 0.2) is 63.5 Å². The normalized spacial score (nSPS) is 12.2. The van der Waals surface area contributed by atoms with E-state index in [1.54, 1.807) is 55.0 Å². The summed E-state index contributed by atoms with van der Waals surface area (Å²) >= 11 is 1.23. The van der Waals surface area contributed by atoms with Crippen molar-refractivity contribution in [3.63, 3.8) is 0 Å². The predicted octanol–water partition coefficient (Wildman–Crippen LogP) is 2.65. The molecule has 0 fully saturated rings. The van der Waals surface area contributed by atoms with E-state index in [2.05, 4.69) is 5.32 Å². The van der Waals surface area contributed by atoms with Gasteiger partial charge >= 0.3 is 5.69 Å². The van der Waals surface area contributed by atoms with E-state index in [9.17, 15) is 14.4 Å². The van der Waals surface area contributed by atoms with Crippen LogP contribution in [0.1, 0.15) is 5.56 Å². The van der Waals surface area contributed by atoms with Gasteiger partial charge in [0.1, 0.15) is 17.0 Å². The zero-order valence-electron chi connectivity index (χ0n) is 17.6. The highest BCUT2D eigenvalue weighted by Crippen LogP contribution is 2.34. The lowest BCUT2D eigenvalue weighted by atomic mass is 10.2. The van der Waals surface area contributed by atoms with Crippen LogP contribution in [0, 0.1) is 0 Å². The van der Waals surface area contributed by atoms with Gasteiger partial charge in [0.15, 0.2) is 11.5 Å². The minimum absolute atomic E-state index is 0.0620. The van der Waals surface area contributed by atoms with Gasteiger partial charge in [-0.05, 0) is 41.3 Å². The molecule has 0 spiro atoms. The Balaban J connectivity index is 1.47. The number of amides is 1. The number of hydrogen-bond donors (Lipinski definition) is 1. The molecule has 5 rings (SSSR count). The van der Waals surface area contributed by atoms with Gasteiger partial charge in [0.2, 0.25) is 12.7 Å². The topological polar surface area (TPSA) is 101 Å². The van der Waals surface area contributed by atoms with Crippen molar-refractivity contribution in [1.82, 2.24) is 9.13 Å². The summed E-state index contributed by atoms with van der Waals surface area (Å²) in [6, 6.07) is 13.9. The Morgan fingerprint density at radius 3 is 2.79 bits per heavy atom. The maximum Gasteiger partial charge on any atom is 0.332 e. The maximum atomic E-state index is 13.3. The number of methoxy groups -OCH3 is 1. The zero-order valence-corrected chi connectivity index (χ0v) is 18.4. The lowest BCUT2D eigenvalue weighted by Gasteiger charge is -2.13. The van der Waals surface area contributed by atoms with E-state index >= 15 is 0 Å². The lowest BCUT2D eigenvalue weighted by Crippen LogP contribution is -2.41. The molecule has 168 valence electrons. The number of hydrogen-bond acceptors (Lipinski definition) is 7. The van der Waals surface area contributed by atoms with Crippen LogP contribution in [0.25, 0.3) is 10.2 Å². The number of fused-ring (bicyclic) bond motifs is 2. The van der Waals surface area contributed by atoms with E-state index in [0.29, 0.717) is 33.2 Å². The number of nitrogens with zero attached hydrogens (tertiary/aromatic N) is 2. The molecule has 4 aromatic rings. The molecule has 3 heterocycles. The quantitative estimate of drug-likeness (QED) is 0.470. The van der Waals surface area contributed by atoms with E-state index in [1.807, 2.05) is 6.07 Å². The Morgan fingerprint density at radius 1 is 1.09 bits per heavy atom. The molecule has 2 aromatic carbocycles. The van der Waals surface area contributed by atoms with Crippen LogP contribution in [0.2, 0.25) is 0 Å². The number of ether oxygens (including phenoxy) is 3. The first-order valence-corrected chi connectivity index (χ1v) is 10.9. The summed E-state index contributed by atoms with van der Waals surface area (Å²) in [6.07, 6.45) is 0. The highest BCUT2D eigenvalue weighted by Gasteiger charge is 2.18. The van der Waals surface area contributed by atoms with Gasteiger partial charge in [0.25, 0.3) is 5.56 Å². The second kappa shape index (κ2) is 8.47. The first-order valence-electron chi connectivity index (χ1n) is 10.1. The van der Waals surface area contributed by atoms with Crippen molar-refractivity contribution in [2.75, 3.05) is 19.2 Å². The second-order valence-electron chi connectivity index (χ2n) is 7.36. The van der Waals surface area contributed by atoms with E-state index in [-0.39, 0.29) is 25.4 Å². The molecule has 0 bridgehead atoms. The van der Waals surface area contributed by atoms with Gasteiger partial charge in [0.05, 0.1) is 19.2 Å². The Kier molecular flexibility index (Phi) is 5.35. The minimum Gasteiger partial charge on any atom is -0.497 e. The van der Waals surface area contributed by atoms with Gasteiger partial charge in [-0.25, -0.2) is 4.79 Å². The Morgan fingerprint density at radius 2 is 1.94 bits per heavy atom. The van der Waals surface area contributed by atoms with E-state index < -0.39 is 11.6 Å². The summed E-state index contributed by atoms with van der Waals surface area (Å²) in [6.45, 7) is -0.0571. The van der Waals surface area contributed by atoms with Crippen LogP contribution in [0.5, 0.6) is 17.2 Å². The van der Waals surface area contributed by atoms with Crippen LogP contribution >= 0.6 is 11.3 Å². The third-order valence-electron chi connectivity index (χ3n) is 5.27. The average molecular weight is 465 g/mol. The Bertz CT molecular complexity index is 1490. The standard InChI is InChI=1S/C23H19N3O6S/c1-30-16-4-2-3-14(9-16)11-26-22(28)21-17(7-8-33-21)25(23(26)29)12-20(27)24-15-5-6-18-19(10-15)32-13-31-18/h2-10H,11-13H2,1H3,(H,24,27). The van der Waals surface area contributed by atoms with Crippen molar-refractivity contribution < 1.29 is 19.0 Å². The van der Waals surface area contributed by atoms with Gasteiger partial charge in [-0.2, -0.15) is 0 Å². The average Bonchev–Trinajstić information content (AvgIpc) is 3.49. The Labute approximate surface area is 191 Å². The van der Waals surface area contributed by atoms with Crippen molar-refractivity contribution in [3.05, 3.63) is 80.3 Å². The number of rotatable bonds is 6. The van der Waals surface area contributed by atoms with Crippen molar-refractivity contribution in [2.24, 2.45) is 0 Å². The first-order chi connectivity index (χ1) is 16.0. The van der Waals surface area contributed by atoms with Crippen LogP contribution < -0.4 is 30.8 Å². The third kappa shape index (κ3) is 3.96. The second-order valence-corrected chi connectivity index (χ2v) is 8.28. The molecule has 0 atom stereocenters. The molecule has 33 heavy (non-hydrogen) atoms. The van der Waals surface area contributed by atoms with Crippen LogP contribution in [0.3, 0.4) is 0 Å². The minimum atomic E-state index is -0.561. The number of thiophene rings is 1. The molecule has 1 amide bonds. The molecular formula is C23H19N3O6S. The molecule has 0 saturated heterocycles. The molecule has 10 heteroatoms.